The molecule has 2 aromatic carbocycles. The van der Waals surface area contributed by atoms with Gasteiger partial charge < -0.3 is 10.2 Å². The highest BCUT2D eigenvalue weighted by Gasteiger charge is 2.08. The summed E-state index contributed by atoms with van der Waals surface area (Å²) in [7, 11) is 3.85. The van der Waals surface area contributed by atoms with E-state index >= 15 is 0 Å². The van der Waals surface area contributed by atoms with Gasteiger partial charge in [0.05, 0.1) is 10.7 Å². The predicted molar refractivity (Wildman–Crippen MR) is 84.5 cm³/mol. The van der Waals surface area contributed by atoms with Crippen molar-refractivity contribution in [2.75, 3.05) is 24.3 Å². The first-order valence-electron chi connectivity index (χ1n) is 6.12. The van der Waals surface area contributed by atoms with Gasteiger partial charge in [0.25, 0.3) is 0 Å². The van der Waals surface area contributed by atoms with Gasteiger partial charge >= 0.3 is 0 Å². The van der Waals surface area contributed by atoms with Crippen molar-refractivity contribution in [1.29, 1.82) is 0 Å². The van der Waals surface area contributed by atoms with E-state index in [1.807, 2.05) is 37.2 Å². The molecule has 2 nitrogen and oxygen atoms in total. The molecular formula is C15H15Cl2FN2. The Morgan fingerprint density at radius 2 is 1.85 bits per heavy atom. The lowest BCUT2D eigenvalue weighted by Crippen LogP contribution is -2.09. The quantitative estimate of drug-likeness (QED) is 0.871. The largest absolute Gasteiger partial charge is 0.381 e. The third-order valence-electron chi connectivity index (χ3n) is 2.96. The molecule has 0 saturated heterocycles. The van der Waals surface area contributed by atoms with Gasteiger partial charge in [0, 0.05) is 36.9 Å². The van der Waals surface area contributed by atoms with Gasteiger partial charge in [0.15, 0.2) is 0 Å². The molecule has 0 saturated carbocycles. The molecule has 0 bridgehead atoms. The van der Waals surface area contributed by atoms with E-state index in [4.69, 9.17) is 23.2 Å². The standard InChI is InChI=1S/C15H15Cl2FN2/c1-20(2)15-7-6-10(8-13(15)17)19-9-11-12(16)4-3-5-14(11)18/h3-8,19H,9H2,1-2H3. The Kier molecular flexibility index (Phi) is 4.73. The van der Waals surface area contributed by atoms with Gasteiger partial charge in [0.1, 0.15) is 5.82 Å². The maximum absolute atomic E-state index is 13.6. The fourth-order valence-corrected chi connectivity index (χ4v) is 2.45. The Morgan fingerprint density at radius 3 is 2.45 bits per heavy atom. The zero-order valence-corrected chi connectivity index (χ0v) is 12.8. The number of rotatable bonds is 4. The molecule has 0 radical (unpaired) electrons. The molecule has 20 heavy (non-hydrogen) atoms. The van der Waals surface area contributed by atoms with Gasteiger partial charge in [-0.3, -0.25) is 0 Å². The van der Waals surface area contributed by atoms with Crippen LogP contribution in [0.1, 0.15) is 5.56 Å². The van der Waals surface area contributed by atoms with Crippen molar-refractivity contribution in [1.82, 2.24) is 0 Å². The van der Waals surface area contributed by atoms with E-state index in [-0.39, 0.29) is 5.82 Å². The number of anilines is 2. The molecular weight excluding hydrogens is 298 g/mol. The number of nitrogens with zero attached hydrogens (tertiary/aromatic N) is 1. The summed E-state index contributed by atoms with van der Waals surface area (Å²) >= 11 is 12.2. The maximum Gasteiger partial charge on any atom is 0.129 e. The molecule has 0 heterocycles. The SMILES string of the molecule is CN(C)c1ccc(NCc2c(F)cccc2Cl)cc1Cl. The summed E-state index contributed by atoms with van der Waals surface area (Å²) < 4.78 is 13.6. The Labute approximate surface area is 128 Å². The summed E-state index contributed by atoms with van der Waals surface area (Å²) in [5.41, 5.74) is 2.20. The highest BCUT2D eigenvalue weighted by Crippen LogP contribution is 2.28. The van der Waals surface area contributed by atoms with Crippen LogP contribution in [0.25, 0.3) is 0 Å². The van der Waals surface area contributed by atoms with Crippen LogP contribution in [0.3, 0.4) is 0 Å². The smallest absolute Gasteiger partial charge is 0.129 e. The monoisotopic (exact) mass is 312 g/mol. The van der Waals surface area contributed by atoms with Gasteiger partial charge in [-0.15, -0.1) is 0 Å². The molecule has 0 unspecified atom stereocenters. The summed E-state index contributed by atoms with van der Waals surface area (Å²) in [5, 5.41) is 4.17. The van der Waals surface area contributed by atoms with Crippen LogP contribution in [0.2, 0.25) is 10.0 Å². The molecule has 2 rings (SSSR count). The third kappa shape index (κ3) is 3.35. The third-order valence-corrected chi connectivity index (χ3v) is 3.62. The van der Waals surface area contributed by atoms with Crippen LogP contribution < -0.4 is 10.2 Å². The first kappa shape index (κ1) is 14.9. The van der Waals surface area contributed by atoms with Crippen molar-refractivity contribution in [3.05, 3.63) is 57.8 Å². The second kappa shape index (κ2) is 6.33. The van der Waals surface area contributed by atoms with Crippen LogP contribution in [0.15, 0.2) is 36.4 Å². The lowest BCUT2D eigenvalue weighted by atomic mass is 10.2. The summed E-state index contributed by atoms with van der Waals surface area (Å²) in [6.07, 6.45) is 0. The number of hydrogen-bond donors (Lipinski definition) is 1. The van der Waals surface area contributed by atoms with Gasteiger partial charge in [-0.2, -0.15) is 0 Å². The van der Waals surface area contributed by atoms with Crippen LogP contribution in [-0.4, -0.2) is 14.1 Å². The van der Waals surface area contributed by atoms with Gasteiger partial charge in [0.2, 0.25) is 0 Å². The van der Waals surface area contributed by atoms with E-state index in [0.29, 0.717) is 22.2 Å². The summed E-state index contributed by atoms with van der Waals surface area (Å²) in [6.45, 7) is 0.309. The minimum atomic E-state index is -0.319. The second-order valence-corrected chi connectivity index (χ2v) is 5.43. The number of benzene rings is 2. The highest BCUT2D eigenvalue weighted by atomic mass is 35.5. The first-order valence-corrected chi connectivity index (χ1v) is 6.88. The molecule has 0 aromatic heterocycles. The number of hydrogen-bond acceptors (Lipinski definition) is 2. The maximum atomic E-state index is 13.6. The van der Waals surface area contributed by atoms with E-state index in [1.54, 1.807) is 12.1 Å². The van der Waals surface area contributed by atoms with Gasteiger partial charge in [-0.1, -0.05) is 29.3 Å². The van der Waals surface area contributed by atoms with Crippen molar-refractivity contribution in [3.63, 3.8) is 0 Å². The lowest BCUT2D eigenvalue weighted by Gasteiger charge is -2.16. The number of halogens is 3. The van der Waals surface area contributed by atoms with Gasteiger partial charge in [-0.05, 0) is 30.3 Å². The Balaban J connectivity index is 2.14. The lowest BCUT2D eigenvalue weighted by molar-refractivity contribution is 0.613. The average molecular weight is 313 g/mol. The van der Waals surface area contributed by atoms with E-state index in [0.717, 1.165) is 11.4 Å². The van der Waals surface area contributed by atoms with E-state index in [2.05, 4.69) is 5.32 Å². The minimum absolute atomic E-state index is 0.309. The molecule has 106 valence electrons. The normalized spacial score (nSPS) is 10.4. The van der Waals surface area contributed by atoms with Crippen molar-refractivity contribution in [2.45, 2.75) is 6.54 Å². The first-order chi connectivity index (χ1) is 9.49. The zero-order valence-electron chi connectivity index (χ0n) is 11.3. The molecule has 1 N–H and O–H groups in total. The summed E-state index contributed by atoms with van der Waals surface area (Å²) in [5.74, 6) is -0.319. The summed E-state index contributed by atoms with van der Waals surface area (Å²) in [4.78, 5) is 1.93. The van der Waals surface area contributed by atoms with Crippen LogP contribution in [0, 0.1) is 5.82 Å². The Hall–Kier alpha value is -1.45. The predicted octanol–water partition coefficient (Wildman–Crippen LogP) is 4.81. The van der Waals surface area contributed by atoms with Crippen molar-refractivity contribution in [2.24, 2.45) is 0 Å². The molecule has 0 aliphatic heterocycles. The topological polar surface area (TPSA) is 15.3 Å². The van der Waals surface area contributed by atoms with E-state index in [9.17, 15) is 4.39 Å². The molecule has 0 fully saturated rings. The fourth-order valence-electron chi connectivity index (χ4n) is 1.87. The minimum Gasteiger partial charge on any atom is -0.381 e. The van der Waals surface area contributed by atoms with E-state index < -0.39 is 0 Å². The summed E-state index contributed by atoms with van der Waals surface area (Å²) in [6, 6.07) is 10.3. The number of nitrogens with one attached hydrogen (secondary N) is 1. The highest BCUT2D eigenvalue weighted by molar-refractivity contribution is 6.33. The average Bonchev–Trinajstić information content (AvgIpc) is 2.37. The molecule has 0 spiro atoms. The Bertz CT molecular complexity index is 595. The molecule has 2 aromatic rings. The van der Waals surface area contributed by atoms with Crippen LogP contribution in [0.5, 0.6) is 0 Å². The van der Waals surface area contributed by atoms with Crippen LogP contribution in [0.4, 0.5) is 15.8 Å². The molecule has 0 aliphatic rings. The van der Waals surface area contributed by atoms with E-state index in [1.165, 1.54) is 6.07 Å². The second-order valence-electron chi connectivity index (χ2n) is 4.61. The van der Waals surface area contributed by atoms with Crippen LogP contribution in [-0.2, 0) is 6.54 Å². The molecule has 0 amide bonds. The van der Waals surface area contributed by atoms with Crippen molar-refractivity contribution in [3.8, 4) is 0 Å². The molecule has 0 atom stereocenters. The van der Waals surface area contributed by atoms with Crippen molar-refractivity contribution < 1.29 is 4.39 Å². The Morgan fingerprint density at radius 1 is 1.10 bits per heavy atom. The fraction of sp³-hybridized carbons (Fsp3) is 0.200. The van der Waals surface area contributed by atoms with Crippen molar-refractivity contribution >= 4 is 34.6 Å². The van der Waals surface area contributed by atoms with Gasteiger partial charge in [-0.25, -0.2) is 4.39 Å². The zero-order chi connectivity index (χ0) is 14.7. The molecule has 0 aliphatic carbocycles. The van der Waals surface area contributed by atoms with Crippen LogP contribution >= 0.6 is 23.2 Å². The molecule has 5 heteroatoms.